The number of aliphatic hydroxyl groups is 4. The van der Waals surface area contributed by atoms with Crippen molar-refractivity contribution in [2.75, 3.05) is 6.61 Å². The van der Waals surface area contributed by atoms with Gasteiger partial charge < -0.3 is 25.7 Å². The Morgan fingerprint density at radius 2 is 0.976 bits per heavy atom. The molecule has 0 heterocycles. The maximum absolute atomic E-state index is 12.4. The summed E-state index contributed by atoms with van der Waals surface area (Å²) in [4.78, 5) is 12.4. The van der Waals surface area contributed by atoms with Crippen LogP contribution < -0.4 is 5.32 Å². The number of carbonyl (C=O) groups excluding carboxylic acids is 1. The van der Waals surface area contributed by atoms with Gasteiger partial charge in [-0.05, 0) is 64.2 Å². The molecule has 6 heteroatoms. The molecule has 0 aromatic rings. The number of allylic oxidation sites excluding steroid dienone is 4. The number of rotatable bonds is 31. The summed E-state index contributed by atoms with van der Waals surface area (Å²) in [6.45, 7) is 3.95. The standard InChI is InChI=1S/C36H69NO5/c1-3-5-7-9-11-13-14-15-16-17-18-19-20-21-22-24-26-28-30-34(40)36(42)37-32(31-38)35(41)33(39)29-27-25-23-12-10-8-6-4-2/h12,17-18,23,32-35,38-41H,3-11,13-16,19-22,24-31H2,1-2H3,(H,37,42)/b18-17-,23-12+. The molecule has 6 nitrogen and oxygen atoms in total. The third-order valence-corrected chi connectivity index (χ3v) is 8.13. The molecule has 0 aliphatic heterocycles. The van der Waals surface area contributed by atoms with Crippen molar-refractivity contribution in [2.45, 2.75) is 192 Å². The van der Waals surface area contributed by atoms with Crippen LogP contribution in [0.4, 0.5) is 0 Å². The van der Waals surface area contributed by atoms with Crippen molar-refractivity contribution in [3.8, 4) is 0 Å². The highest BCUT2D eigenvalue weighted by atomic mass is 16.3. The summed E-state index contributed by atoms with van der Waals surface area (Å²) in [5, 5.41) is 43.1. The third kappa shape index (κ3) is 25.3. The van der Waals surface area contributed by atoms with E-state index >= 15 is 0 Å². The molecule has 4 atom stereocenters. The first-order chi connectivity index (χ1) is 20.5. The van der Waals surface area contributed by atoms with Crippen LogP contribution in [0.5, 0.6) is 0 Å². The Morgan fingerprint density at radius 1 is 0.571 bits per heavy atom. The topological polar surface area (TPSA) is 110 Å². The molecule has 0 bridgehead atoms. The first-order valence-corrected chi connectivity index (χ1v) is 17.7. The van der Waals surface area contributed by atoms with Gasteiger partial charge >= 0.3 is 0 Å². The number of amides is 1. The van der Waals surface area contributed by atoms with E-state index in [9.17, 15) is 25.2 Å². The summed E-state index contributed by atoms with van der Waals surface area (Å²) in [6.07, 6.45) is 32.1. The first-order valence-electron chi connectivity index (χ1n) is 17.7. The number of unbranched alkanes of at least 4 members (excludes halogenated alkanes) is 18. The molecule has 0 saturated heterocycles. The van der Waals surface area contributed by atoms with E-state index in [1.54, 1.807) is 0 Å². The molecule has 4 unspecified atom stereocenters. The van der Waals surface area contributed by atoms with Crippen LogP contribution >= 0.6 is 0 Å². The molecule has 0 aromatic carbocycles. The van der Waals surface area contributed by atoms with Gasteiger partial charge in [0.25, 0.3) is 0 Å². The van der Waals surface area contributed by atoms with E-state index in [1.165, 1.54) is 96.3 Å². The Kier molecular flexibility index (Phi) is 30.3. The van der Waals surface area contributed by atoms with E-state index in [-0.39, 0.29) is 0 Å². The molecule has 0 aliphatic rings. The summed E-state index contributed by atoms with van der Waals surface area (Å²) in [6, 6.07) is -0.999. The number of nitrogens with one attached hydrogen (secondary N) is 1. The van der Waals surface area contributed by atoms with Gasteiger partial charge in [0.1, 0.15) is 12.2 Å². The predicted octanol–water partition coefficient (Wildman–Crippen LogP) is 8.06. The van der Waals surface area contributed by atoms with Crippen LogP contribution in [-0.2, 0) is 4.79 Å². The van der Waals surface area contributed by atoms with Crippen LogP contribution in [0.2, 0.25) is 0 Å². The SMILES string of the molecule is CCCCC/C=C/CCCC(O)C(O)C(CO)NC(=O)C(O)CCCCCCCC/C=C\CCCCCCCCCC. The highest BCUT2D eigenvalue weighted by molar-refractivity contribution is 5.80. The summed E-state index contributed by atoms with van der Waals surface area (Å²) < 4.78 is 0. The molecule has 0 aromatic heterocycles. The molecule has 0 fully saturated rings. The van der Waals surface area contributed by atoms with Gasteiger partial charge in [-0.3, -0.25) is 4.79 Å². The van der Waals surface area contributed by atoms with Crippen molar-refractivity contribution in [1.82, 2.24) is 5.32 Å². The van der Waals surface area contributed by atoms with Crippen molar-refractivity contribution < 1.29 is 25.2 Å². The second kappa shape index (κ2) is 31.2. The second-order valence-corrected chi connectivity index (χ2v) is 12.2. The molecule has 5 N–H and O–H groups in total. The molecule has 248 valence electrons. The predicted molar refractivity (Wildman–Crippen MR) is 177 cm³/mol. The van der Waals surface area contributed by atoms with Gasteiger partial charge in [-0.1, -0.05) is 128 Å². The maximum atomic E-state index is 12.4. The number of carbonyl (C=O) groups is 1. The maximum Gasteiger partial charge on any atom is 0.249 e. The van der Waals surface area contributed by atoms with Gasteiger partial charge in [-0.15, -0.1) is 0 Å². The summed E-state index contributed by atoms with van der Waals surface area (Å²) in [5.74, 6) is -0.603. The van der Waals surface area contributed by atoms with E-state index in [1.807, 2.05) is 0 Å². The largest absolute Gasteiger partial charge is 0.394 e. The quantitative estimate of drug-likeness (QED) is 0.0411. The fourth-order valence-corrected chi connectivity index (χ4v) is 5.22. The van der Waals surface area contributed by atoms with Crippen molar-refractivity contribution in [1.29, 1.82) is 0 Å². The van der Waals surface area contributed by atoms with Gasteiger partial charge in [-0.25, -0.2) is 0 Å². The van der Waals surface area contributed by atoms with E-state index in [0.29, 0.717) is 19.3 Å². The molecule has 1 amide bonds. The lowest BCUT2D eigenvalue weighted by Crippen LogP contribution is -2.53. The summed E-state index contributed by atoms with van der Waals surface area (Å²) >= 11 is 0. The smallest absolute Gasteiger partial charge is 0.249 e. The molecular formula is C36H69NO5. The van der Waals surface area contributed by atoms with Crippen molar-refractivity contribution in [3.05, 3.63) is 24.3 Å². The van der Waals surface area contributed by atoms with Crippen molar-refractivity contribution in [2.24, 2.45) is 0 Å². The van der Waals surface area contributed by atoms with Crippen LogP contribution in [0, 0.1) is 0 Å². The van der Waals surface area contributed by atoms with Gasteiger partial charge in [-0.2, -0.15) is 0 Å². The molecule has 42 heavy (non-hydrogen) atoms. The second-order valence-electron chi connectivity index (χ2n) is 12.2. The molecular weight excluding hydrogens is 526 g/mol. The fraction of sp³-hybridized carbons (Fsp3) is 0.861. The third-order valence-electron chi connectivity index (χ3n) is 8.13. The Balaban J connectivity index is 3.82. The lowest BCUT2D eigenvalue weighted by molar-refractivity contribution is -0.132. The van der Waals surface area contributed by atoms with Gasteiger partial charge in [0.2, 0.25) is 5.91 Å². The van der Waals surface area contributed by atoms with Crippen molar-refractivity contribution >= 4 is 5.91 Å². The Morgan fingerprint density at radius 3 is 1.48 bits per heavy atom. The molecule has 0 aliphatic carbocycles. The fourth-order valence-electron chi connectivity index (χ4n) is 5.22. The minimum Gasteiger partial charge on any atom is -0.394 e. The zero-order valence-corrected chi connectivity index (χ0v) is 27.5. The zero-order valence-electron chi connectivity index (χ0n) is 27.5. The average molecular weight is 596 g/mol. The van der Waals surface area contributed by atoms with Crippen LogP contribution in [0.25, 0.3) is 0 Å². The van der Waals surface area contributed by atoms with Gasteiger partial charge in [0.15, 0.2) is 0 Å². The number of hydrogen-bond donors (Lipinski definition) is 5. The van der Waals surface area contributed by atoms with E-state index in [4.69, 9.17) is 0 Å². The van der Waals surface area contributed by atoms with E-state index < -0.39 is 36.9 Å². The van der Waals surface area contributed by atoms with E-state index in [0.717, 1.165) is 38.5 Å². The lowest BCUT2D eigenvalue weighted by Gasteiger charge is -2.27. The normalized spacial score (nSPS) is 14.9. The molecule has 0 rings (SSSR count). The Hall–Kier alpha value is -1.21. The monoisotopic (exact) mass is 596 g/mol. The highest BCUT2D eigenvalue weighted by Crippen LogP contribution is 2.14. The zero-order chi connectivity index (χ0) is 31.1. The van der Waals surface area contributed by atoms with Gasteiger partial charge in [0, 0.05) is 0 Å². The van der Waals surface area contributed by atoms with Crippen molar-refractivity contribution in [3.63, 3.8) is 0 Å². The first kappa shape index (κ1) is 40.8. The lowest BCUT2D eigenvalue weighted by atomic mass is 10.00. The van der Waals surface area contributed by atoms with Crippen LogP contribution in [0.1, 0.15) is 168 Å². The van der Waals surface area contributed by atoms with Crippen LogP contribution in [-0.4, -0.2) is 57.3 Å². The van der Waals surface area contributed by atoms with E-state index in [2.05, 4.69) is 43.5 Å². The highest BCUT2D eigenvalue weighted by Gasteiger charge is 2.28. The minimum atomic E-state index is -1.28. The molecule has 0 saturated carbocycles. The summed E-state index contributed by atoms with van der Waals surface area (Å²) in [7, 11) is 0. The molecule has 0 spiro atoms. The average Bonchev–Trinajstić information content (AvgIpc) is 2.99. The van der Waals surface area contributed by atoms with Gasteiger partial charge in [0.05, 0.1) is 18.8 Å². The van der Waals surface area contributed by atoms with Crippen LogP contribution in [0.3, 0.4) is 0 Å². The molecule has 0 radical (unpaired) electrons. The number of aliphatic hydroxyl groups excluding tert-OH is 4. The van der Waals surface area contributed by atoms with Crippen LogP contribution in [0.15, 0.2) is 24.3 Å². The Labute approximate surface area is 259 Å². The Bertz CT molecular complexity index is 638. The minimum absolute atomic E-state index is 0.356. The summed E-state index contributed by atoms with van der Waals surface area (Å²) in [5.41, 5.74) is 0. The number of hydrogen-bond acceptors (Lipinski definition) is 5.